The van der Waals surface area contributed by atoms with Crippen molar-refractivity contribution in [3.63, 3.8) is 0 Å². The predicted octanol–water partition coefficient (Wildman–Crippen LogP) is 1.44. The molecule has 0 spiro atoms. The number of nitrogens with one attached hydrogen (secondary N) is 2. The van der Waals surface area contributed by atoms with Gasteiger partial charge in [0.1, 0.15) is 5.56 Å². The highest BCUT2D eigenvalue weighted by atomic mass is 16.5. The molecule has 0 atom stereocenters. The summed E-state index contributed by atoms with van der Waals surface area (Å²) in [5.74, 6) is -0.535. The highest BCUT2D eigenvalue weighted by Crippen LogP contribution is 2.24. The van der Waals surface area contributed by atoms with Gasteiger partial charge < -0.3 is 10.1 Å². The summed E-state index contributed by atoms with van der Waals surface area (Å²) in [6.45, 7) is 1.28. The molecule has 124 valence electrons. The van der Waals surface area contributed by atoms with Crippen LogP contribution in [-0.2, 0) is 11.3 Å². The molecule has 8 heteroatoms. The minimum atomic E-state index is -0.657. The van der Waals surface area contributed by atoms with Gasteiger partial charge in [-0.15, -0.1) is 0 Å². The summed E-state index contributed by atoms with van der Waals surface area (Å²) in [5, 5.41) is 15.5. The summed E-state index contributed by atoms with van der Waals surface area (Å²) in [4.78, 5) is 23.6. The first kappa shape index (κ1) is 15.8. The molecule has 0 radical (unpaired) electrons. The van der Waals surface area contributed by atoms with Gasteiger partial charge in [0.2, 0.25) is 5.88 Å². The van der Waals surface area contributed by atoms with Gasteiger partial charge in [-0.05, 0) is 17.7 Å². The molecule has 0 saturated carbocycles. The molecule has 0 aliphatic carbocycles. The Morgan fingerprint density at radius 1 is 1.33 bits per heavy atom. The van der Waals surface area contributed by atoms with Gasteiger partial charge in [-0.1, -0.05) is 18.2 Å². The van der Waals surface area contributed by atoms with Crippen molar-refractivity contribution < 1.29 is 19.5 Å². The van der Waals surface area contributed by atoms with E-state index in [1.54, 1.807) is 28.9 Å². The third-order valence-electron chi connectivity index (χ3n) is 3.52. The Morgan fingerprint density at radius 2 is 2.17 bits per heavy atom. The number of nitrogens with zero attached hydrogens (tertiary/aromatic N) is 2. The van der Waals surface area contributed by atoms with Crippen LogP contribution in [0, 0.1) is 0 Å². The van der Waals surface area contributed by atoms with Crippen LogP contribution in [0.25, 0.3) is 6.08 Å². The van der Waals surface area contributed by atoms with Crippen molar-refractivity contribution in [1.29, 1.82) is 0 Å². The fourth-order valence-corrected chi connectivity index (χ4v) is 2.37. The smallest absolute Gasteiger partial charge is 0.267 e. The van der Waals surface area contributed by atoms with E-state index in [-0.39, 0.29) is 5.91 Å². The molecule has 0 saturated heterocycles. The molecule has 2 amide bonds. The lowest BCUT2D eigenvalue weighted by Gasteiger charge is -2.16. The summed E-state index contributed by atoms with van der Waals surface area (Å²) in [6, 6.07) is 6.99. The van der Waals surface area contributed by atoms with Crippen molar-refractivity contribution in [3.8, 4) is 5.88 Å². The first-order valence-corrected chi connectivity index (χ1v) is 7.40. The fraction of sp³-hybridized carbons (Fsp3) is 0.188. The third-order valence-corrected chi connectivity index (χ3v) is 3.52. The van der Waals surface area contributed by atoms with Crippen LogP contribution in [0.3, 0.4) is 0 Å². The van der Waals surface area contributed by atoms with E-state index in [9.17, 15) is 9.59 Å². The fourth-order valence-electron chi connectivity index (χ4n) is 2.37. The second kappa shape index (κ2) is 6.97. The third kappa shape index (κ3) is 3.28. The van der Waals surface area contributed by atoms with E-state index in [4.69, 9.17) is 9.94 Å². The lowest BCUT2D eigenvalue weighted by atomic mass is 10.1. The van der Waals surface area contributed by atoms with Crippen LogP contribution in [0.1, 0.15) is 22.3 Å². The van der Waals surface area contributed by atoms with E-state index >= 15 is 0 Å². The predicted molar refractivity (Wildman–Crippen MR) is 85.7 cm³/mol. The van der Waals surface area contributed by atoms with E-state index in [1.807, 2.05) is 0 Å². The second-order valence-electron chi connectivity index (χ2n) is 5.14. The average molecular weight is 328 g/mol. The number of amides is 2. The first-order valence-electron chi connectivity index (χ1n) is 7.40. The van der Waals surface area contributed by atoms with Crippen LogP contribution >= 0.6 is 0 Å². The van der Waals surface area contributed by atoms with Crippen molar-refractivity contribution in [2.24, 2.45) is 0 Å². The average Bonchev–Trinajstić information content (AvgIpc) is 3.05. The van der Waals surface area contributed by atoms with Gasteiger partial charge in [0.15, 0.2) is 0 Å². The molecular weight excluding hydrogens is 312 g/mol. The molecule has 1 aliphatic rings. The van der Waals surface area contributed by atoms with Gasteiger partial charge in [0, 0.05) is 24.7 Å². The minimum Gasteiger partial charge on any atom is -0.477 e. The minimum absolute atomic E-state index is 0.342. The number of aryl methyl sites for hydroxylation is 1. The highest BCUT2D eigenvalue weighted by Gasteiger charge is 2.21. The van der Waals surface area contributed by atoms with E-state index < -0.39 is 5.91 Å². The van der Waals surface area contributed by atoms with E-state index in [0.29, 0.717) is 29.3 Å². The van der Waals surface area contributed by atoms with E-state index in [1.165, 1.54) is 17.8 Å². The Morgan fingerprint density at radius 3 is 3.00 bits per heavy atom. The summed E-state index contributed by atoms with van der Waals surface area (Å²) in [6.07, 6.45) is 4.99. The zero-order valence-corrected chi connectivity index (χ0v) is 12.7. The standard InChI is InChI=1S/C16H16N4O4/c21-14(19-23)7-6-11-4-1-2-5-13(11)18-15(22)12-10-17-20-8-3-9-24-16(12)20/h1-2,4-7,10,23H,3,8-9H2,(H,18,22)(H,19,21). The van der Waals surface area contributed by atoms with Crippen molar-refractivity contribution in [2.75, 3.05) is 11.9 Å². The van der Waals surface area contributed by atoms with E-state index in [2.05, 4.69) is 10.4 Å². The number of hydrogen-bond acceptors (Lipinski definition) is 5. The van der Waals surface area contributed by atoms with Crippen molar-refractivity contribution >= 4 is 23.6 Å². The van der Waals surface area contributed by atoms with Gasteiger partial charge in [0.05, 0.1) is 12.8 Å². The maximum atomic E-state index is 12.5. The van der Waals surface area contributed by atoms with Crippen LogP contribution < -0.4 is 15.5 Å². The monoisotopic (exact) mass is 328 g/mol. The van der Waals surface area contributed by atoms with Gasteiger partial charge in [-0.25, -0.2) is 10.2 Å². The van der Waals surface area contributed by atoms with Gasteiger partial charge in [0.25, 0.3) is 11.8 Å². The zero-order chi connectivity index (χ0) is 16.9. The summed E-state index contributed by atoms with van der Waals surface area (Å²) >= 11 is 0. The topological polar surface area (TPSA) is 105 Å². The number of para-hydroxylation sites is 1. The molecule has 1 aromatic heterocycles. The summed E-state index contributed by atoms with van der Waals surface area (Å²) < 4.78 is 7.18. The number of fused-ring (bicyclic) bond motifs is 1. The number of benzene rings is 1. The number of hydrogen-bond donors (Lipinski definition) is 3. The quantitative estimate of drug-likeness (QED) is 0.447. The van der Waals surface area contributed by atoms with Crippen molar-refractivity contribution in [3.05, 3.63) is 47.7 Å². The number of ether oxygens (including phenoxy) is 1. The normalized spacial score (nSPS) is 13.2. The number of aromatic nitrogens is 2. The maximum Gasteiger partial charge on any atom is 0.267 e. The lowest BCUT2D eigenvalue weighted by Crippen LogP contribution is -2.18. The molecule has 1 aliphatic heterocycles. The number of anilines is 1. The van der Waals surface area contributed by atoms with Crippen LogP contribution in [0.15, 0.2) is 36.5 Å². The molecular formula is C16H16N4O4. The van der Waals surface area contributed by atoms with Crippen LogP contribution in [0.4, 0.5) is 5.69 Å². The molecule has 0 bridgehead atoms. The van der Waals surface area contributed by atoms with Gasteiger partial charge in [-0.2, -0.15) is 5.10 Å². The maximum absolute atomic E-state index is 12.5. The molecule has 2 heterocycles. The SMILES string of the molecule is O=C(C=Cc1ccccc1NC(=O)c1cnn2c1OCCC2)NO. The van der Waals surface area contributed by atoms with Crippen LogP contribution in [0.2, 0.25) is 0 Å². The molecule has 0 fully saturated rings. The van der Waals surface area contributed by atoms with Crippen LogP contribution in [-0.4, -0.2) is 33.4 Å². The highest BCUT2D eigenvalue weighted by molar-refractivity contribution is 6.07. The Labute approximate surface area is 137 Å². The largest absolute Gasteiger partial charge is 0.477 e. The number of rotatable bonds is 4. The molecule has 1 aromatic carbocycles. The Bertz CT molecular complexity index is 797. The molecule has 2 aromatic rings. The first-order chi connectivity index (χ1) is 11.7. The lowest BCUT2D eigenvalue weighted by molar-refractivity contribution is -0.124. The number of hydroxylamine groups is 1. The number of carbonyl (C=O) groups excluding carboxylic acids is 2. The molecule has 3 N–H and O–H groups in total. The number of carbonyl (C=O) groups is 2. The van der Waals surface area contributed by atoms with Gasteiger partial charge in [-0.3, -0.25) is 14.8 Å². The van der Waals surface area contributed by atoms with Crippen molar-refractivity contribution in [1.82, 2.24) is 15.3 Å². The van der Waals surface area contributed by atoms with Crippen LogP contribution in [0.5, 0.6) is 5.88 Å². The molecule has 24 heavy (non-hydrogen) atoms. The Hall–Kier alpha value is -3.13. The molecule has 0 unspecified atom stereocenters. The van der Waals surface area contributed by atoms with Crippen molar-refractivity contribution in [2.45, 2.75) is 13.0 Å². The summed E-state index contributed by atoms with van der Waals surface area (Å²) in [5.41, 5.74) is 3.02. The summed E-state index contributed by atoms with van der Waals surface area (Å²) in [7, 11) is 0. The Balaban J connectivity index is 1.81. The van der Waals surface area contributed by atoms with E-state index in [0.717, 1.165) is 19.0 Å². The van der Waals surface area contributed by atoms with Gasteiger partial charge >= 0.3 is 0 Å². The zero-order valence-electron chi connectivity index (χ0n) is 12.7. The molecule has 8 nitrogen and oxygen atoms in total. The second-order valence-corrected chi connectivity index (χ2v) is 5.14. The Kier molecular flexibility index (Phi) is 4.57. The molecule has 3 rings (SSSR count).